The quantitative estimate of drug-likeness (QED) is 0.784. The van der Waals surface area contributed by atoms with Crippen LogP contribution in [0, 0.1) is 0 Å². The van der Waals surface area contributed by atoms with Crippen LogP contribution in [-0.2, 0) is 14.9 Å². The molecule has 2 aliphatic rings. The lowest BCUT2D eigenvalue weighted by Gasteiger charge is -2.48. The Kier molecular flexibility index (Phi) is 7.23. The lowest BCUT2D eigenvalue weighted by molar-refractivity contribution is -0.128. The topological polar surface area (TPSA) is 50.8 Å². The molecular formula is C24H38N2O3. The number of rotatable bonds is 6. The van der Waals surface area contributed by atoms with Crippen molar-refractivity contribution < 1.29 is 14.3 Å². The zero-order valence-corrected chi connectivity index (χ0v) is 18.6. The van der Waals surface area contributed by atoms with E-state index in [9.17, 15) is 4.79 Å². The van der Waals surface area contributed by atoms with E-state index in [1.165, 1.54) is 24.8 Å². The van der Waals surface area contributed by atoms with Gasteiger partial charge in [0, 0.05) is 25.2 Å². The minimum atomic E-state index is -0.513. The molecule has 1 N–H and O–H groups in total. The minimum absolute atomic E-state index is 0.0388. The van der Waals surface area contributed by atoms with Crippen molar-refractivity contribution in [3.05, 3.63) is 29.8 Å². The van der Waals surface area contributed by atoms with Crippen LogP contribution in [0.3, 0.4) is 0 Å². The third-order valence-electron chi connectivity index (χ3n) is 6.46. The molecule has 2 fully saturated rings. The van der Waals surface area contributed by atoms with Crippen molar-refractivity contribution in [3.63, 3.8) is 0 Å². The first-order valence-corrected chi connectivity index (χ1v) is 11.2. The summed E-state index contributed by atoms with van der Waals surface area (Å²) in [5, 5.41) is 3.20. The zero-order valence-electron chi connectivity index (χ0n) is 18.6. The van der Waals surface area contributed by atoms with Crippen molar-refractivity contribution in [2.75, 3.05) is 32.8 Å². The molecule has 1 heterocycles. The van der Waals surface area contributed by atoms with E-state index in [1.54, 1.807) is 0 Å². The van der Waals surface area contributed by atoms with Gasteiger partial charge in [0.2, 0.25) is 0 Å². The summed E-state index contributed by atoms with van der Waals surface area (Å²) < 4.78 is 11.5. The molecule has 5 heteroatoms. The smallest absolute Gasteiger partial charge is 0.260 e. The third kappa shape index (κ3) is 5.73. The van der Waals surface area contributed by atoms with E-state index >= 15 is 0 Å². The van der Waals surface area contributed by atoms with Gasteiger partial charge in [-0.1, -0.05) is 52.2 Å². The van der Waals surface area contributed by atoms with Crippen LogP contribution in [0.4, 0.5) is 0 Å². The van der Waals surface area contributed by atoms with Crippen molar-refractivity contribution in [2.45, 2.75) is 76.9 Å². The molecule has 1 amide bonds. The number of benzene rings is 1. The fraction of sp³-hybridized carbons (Fsp3) is 0.708. The molecule has 1 aromatic carbocycles. The lowest BCUT2D eigenvalue weighted by Crippen LogP contribution is -2.60. The van der Waals surface area contributed by atoms with Crippen LogP contribution in [0.2, 0.25) is 0 Å². The van der Waals surface area contributed by atoms with Crippen LogP contribution in [0.25, 0.3) is 0 Å². The lowest BCUT2D eigenvalue weighted by atomic mass is 9.79. The maximum absolute atomic E-state index is 12.8. The molecule has 1 aromatic rings. The van der Waals surface area contributed by atoms with Crippen LogP contribution in [0.5, 0.6) is 5.75 Å². The normalized spacial score (nSPS) is 21.4. The molecule has 1 aliphatic heterocycles. The molecule has 1 saturated heterocycles. The van der Waals surface area contributed by atoms with Gasteiger partial charge in [0.15, 0.2) is 6.10 Å². The molecule has 1 aliphatic carbocycles. The summed E-state index contributed by atoms with van der Waals surface area (Å²) in [6.07, 6.45) is 5.55. The van der Waals surface area contributed by atoms with Gasteiger partial charge in [-0.25, -0.2) is 0 Å². The summed E-state index contributed by atoms with van der Waals surface area (Å²) >= 11 is 0. The van der Waals surface area contributed by atoms with E-state index in [1.807, 2.05) is 19.1 Å². The molecule has 1 saturated carbocycles. The minimum Gasteiger partial charge on any atom is -0.481 e. The fourth-order valence-corrected chi connectivity index (χ4v) is 4.54. The number of carbonyl (C=O) groups excluding carboxylic acids is 1. The first-order valence-electron chi connectivity index (χ1n) is 11.2. The zero-order chi connectivity index (χ0) is 20.9. The second-order valence-electron chi connectivity index (χ2n) is 9.64. The summed E-state index contributed by atoms with van der Waals surface area (Å²) in [7, 11) is 0. The number of morpholine rings is 1. The Morgan fingerprint density at radius 1 is 1.14 bits per heavy atom. The van der Waals surface area contributed by atoms with Gasteiger partial charge in [-0.3, -0.25) is 9.69 Å². The van der Waals surface area contributed by atoms with E-state index in [0.29, 0.717) is 6.54 Å². The first-order chi connectivity index (χ1) is 13.8. The molecule has 1 unspecified atom stereocenters. The number of hydrogen-bond acceptors (Lipinski definition) is 4. The van der Waals surface area contributed by atoms with Gasteiger partial charge in [-0.15, -0.1) is 0 Å². The number of hydrogen-bond donors (Lipinski definition) is 1. The van der Waals surface area contributed by atoms with E-state index in [-0.39, 0.29) is 16.9 Å². The average molecular weight is 403 g/mol. The summed E-state index contributed by atoms with van der Waals surface area (Å²) in [6.45, 7) is 12.6. The predicted octanol–water partition coefficient (Wildman–Crippen LogP) is 3.90. The van der Waals surface area contributed by atoms with E-state index < -0.39 is 6.10 Å². The molecule has 0 radical (unpaired) electrons. The Morgan fingerprint density at radius 2 is 1.76 bits per heavy atom. The van der Waals surface area contributed by atoms with Crippen LogP contribution >= 0.6 is 0 Å². The molecule has 5 nitrogen and oxygen atoms in total. The van der Waals surface area contributed by atoms with E-state index in [4.69, 9.17) is 9.47 Å². The Morgan fingerprint density at radius 3 is 2.34 bits per heavy atom. The second-order valence-corrected chi connectivity index (χ2v) is 9.64. The second kappa shape index (κ2) is 9.48. The highest BCUT2D eigenvalue weighted by Crippen LogP contribution is 2.34. The third-order valence-corrected chi connectivity index (χ3v) is 6.46. The van der Waals surface area contributed by atoms with Gasteiger partial charge in [0.05, 0.1) is 13.2 Å². The van der Waals surface area contributed by atoms with Gasteiger partial charge in [-0.2, -0.15) is 0 Å². The molecule has 1 atom stereocenters. The number of ether oxygens (including phenoxy) is 2. The SMILES string of the molecule is CC(Oc1ccc(C(C)(C)C)cc1)C(=O)NCC1(N2CCOCC2)CCCCC1. The maximum atomic E-state index is 12.8. The molecule has 162 valence electrons. The van der Waals surface area contributed by atoms with Crippen molar-refractivity contribution in [3.8, 4) is 5.75 Å². The number of nitrogens with one attached hydrogen (secondary N) is 1. The van der Waals surface area contributed by atoms with Crippen LogP contribution in [0.1, 0.15) is 65.4 Å². The van der Waals surface area contributed by atoms with Crippen LogP contribution < -0.4 is 10.1 Å². The number of amides is 1. The molecule has 0 spiro atoms. The van der Waals surface area contributed by atoms with Crippen LogP contribution in [-0.4, -0.2) is 55.3 Å². The highest BCUT2D eigenvalue weighted by Gasteiger charge is 2.39. The summed E-state index contributed by atoms with van der Waals surface area (Å²) in [5.41, 5.74) is 1.44. The first kappa shape index (κ1) is 22.1. The van der Waals surface area contributed by atoms with Gasteiger partial charge >= 0.3 is 0 Å². The Balaban J connectivity index is 1.56. The van der Waals surface area contributed by atoms with Crippen molar-refractivity contribution in [1.82, 2.24) is 10.2 Å². The molecule has 0 bridgehead atoms. The molecular weight excluding hydrogens is 364 g/mol. The standard InChI is InChI=1S/C24H38N2O3/c1-19(29-21-10-8-20(9-11-21)23(2,3)4)22(27)25-18-24(12-6-5-7-13-24)26-14-16-28-17-15-26/h8-11,19H,5-7,12-18H2,1-4H3,(H,25,27). The predicted molar refractivity (Wildman–Crippen MR) is 116 cm³/mol. The summed E-state index contributed by atoms with van der Waals surface area (Å²) in [5.74, 6) is 0.698. The Bertz CT molecular complexity index is 654. The van der Waals surface area contributed by atoms with Crippen molar-refractivity contribution in [2.24, 2.45) is 0 Å². The van der Waals surface area contributed by atoms with Crippen molar-refractivity contribution >= 4 is 5.91 Å². The fourth-order valence-electron chi connectivity index (χ4n) is 4.54. The van der Waals surface area contributed by atoms with E-state index in [2.05, 4.69) is 43.1 Å². The summed E-state index contributed by atoms with van der Waals surface area (Å²) in [4.78, 5) is 15.3. The molecule has 29 heavy (non-hydrogen) atoms. The largest absolute Gasteiger partial charge is 0.481 e. The van der Waals surface area contributed by atoms with Crippen LogP contribution in [0.15, 0.2) is 24.3 Å². The monoisotopic (exact) mass is 402 g/mol. The maximum Gasteiger partial charge on any atom is 0.260 e. The highest BCUT2D eigenvalue weighted by molar-refractivity contribution is 5.80. The van der Waals surface area contributed by atoms with Crippen molar-refractivity contribution in [1.29, 1.82) is 0 Å². The average Bonchev–Trinajstić information content (AvgIpc) is 2.73. The number of carbonyl (C=O) groups is 1. The molecule has 0 aromatic heterocycles. The number of nitrogens with zero attached hydrogens (tertiary/aromatic N) is 1. The van der Waals surface area contributed by atoms with E-state index in [0.717, 1.165) is 44.9 Å². The summed E-state index contributed by atoms with van der Waals surface area (Å²) in [6, 6.07) is 8.08. The highest BCUT2D eigenvalue weighted by atomic mass is 16.5. The van der Waals surface area contributed by atoms with Gasteiger partial charge < -0.3 is 14.8 Å². The molecule has 3 rings (SSSR count). The Hall–Kier alpha value is -1.59. The van der Waals surface area contributed by atoms with Gasteiger partial charge in [-0.05, 0) is 42.9 Å². The van der Waals surface area contributed by atoms with Gasteiger partial charge in [0.25, 0.3) is 5.91 Å². The Labute approximate surface area is 176 Å². The van der Waals surface area contributed by atoms with Gasteiger partial charge in [0.1, 0.15) is 5.75 Å².